The van der Waals surface area contributed by atoms with Crippen molar-refractivity contribution >= 4 is 5.82 Å². The summed E-state index contributed by atoms with van der Waals surface area (Å²) in [6.07, 6.45) is 8.43. The molecule has 1 N–H and O–H groups in total. The highest BCUT2D eigenvalue weighted by Gasteiger charge is 2.14. The van der Waals surface area contributed by atoms with Crippen molar-refractivity contribution in [3.05, 3.63) is 18.1 Å². The molecule has 1 rings (SSSR count). The van der Waals surface area contributed by atoms with Gasteiger partial charge in [-0.25, -0.2) is 4.98 Å². The fourth-order valence-electron chi connectivity index (χ4n) is 2.12. The largest absolute Gasteiger partial charge is 0.353 e. The molecular formula is C16H30N4. The lowest BCUT2D eigenvalue weighted by Crippen LogP contribution is -2.34. The van der Waals surface area contributed by atoms with Crippen LogP contribution in [-0.2, 0) is 6.54 Å². The Kier molecular flexibility index (Phi) is 8.19. The first-order valence-corrected chi connectivity index (χ1v) is 8.01. The maximum absolute atomic E-state index is 4.77. The Balaban J connectivity index is 2.76. The van der Waals surface area contributed by atoms with E-state index in [1.807, 2.05) is 12.4 Å². The van der Waals surface area contributed by atoms with Crippen LogP contribution in [0.4, 0.5) is 5.82 Å². The van der Waals surface area contributed by atoms with Gasteiger partial charge in [0.15, 0.2) is 0 Å². The van der Waals surface area contributed by atoms with Crippen molar-refractivity contribution in [2.45, 2.75) is 66.0 Å². The zero-order valence-electron chi connectivity index (χ0n) is 13.5. The molecule has 114 valence electrons. The molecule has 0 aliphatic rings. The fraction of sp³-hybridized carbons (Fsp3) is 0.750. The number of nitrogens with zero attached hydrogens (tertiary/aromatic N) is 3. The molecule has 1 aromatic heterocycles. The number of hydrogen-bond acceptors (Lipinski definition) is 4. The molecule has 0 amide bonds. The standard InChI is InChI=1S/C16H30N4/c1-5-8-10-20(14(4)7-3)16-13-18-12-15(19-16)11-17-9-6-2/h12-14,17H,5-11H2,1-4H3. The van der Waals surface area contributed by atoms with Crippen molar-refractivity contribution in [3.8, 4) is 0 Å². The molecule has 1 unspecified atom stereocenters. The number of unbranched alkanes of at least 4 members (excludes halogenated alkanes) is 1. The van der Waals surface area contributed by atoms with Gasteiger partial charge in [0.05, 0.1) is 11.9 Å². The van der Waals surface area contributed by atoms with Crippen LogP contribution in [0.3, 0.4) is 0 Å². The molecule has 0 aromatic carbocycles. The Labute approximate surface area is 124 Å². The van der Waals surface area contributed by atoms with Crippen molar-refractivity contribution < 1.29 is 0 Å². The molecule has 1 aromatic rings. The van der Waals surface area contributed by atoms with E-state index in [2.05, 4.69) is 42.9 Å². The van der Waals surface area contributed by atoms with E-state index in [1.165, 1.54) is 12.8 Å². The van der Waals surface area contributed by atoms with Gasteiger partial charge in [0.25, 0.3) is 0 Å². The lowest BCUT2D eigenvalue weighted by Gasteiger charge is -2.29. The second-order valence-electron chi connectivity index (χ2n) is 5.35. The van der Waals surface area contributed by atoms with Crippen molar-refractivity contribution in [2.75, 3.05) is 18.0 Å². The maximum atomic E-state index is 4.77. The Bertz CT molecular complexity index is 367. The minimum atomic E-state index is 0.509. The second-order valence-corrected chi connectivity index (χ2v) is 5.35. The normalized spacial score (nSPS) is 12.4. The Hall–Kier alpha value is -1.16. The zero-order chi connectivity index (χ0) is 14.8. The van der Waals surface area contributed by atoms with E-state index in [4.69, 9.17) is 4.98 Å². The smallest absolute Gasteiger partial charge is 0.147 e. The first-order valence-electron chi connectivity index (χ1n) is 8.01. The minimum Gasteiger partial charge on any atom is -0.353 e. The summed E-state index contributed by atoms with van der Waals surface area (Å²) in [4.78, 5) is 11.5. The van der Waals surface area contributed by atoms with E-state index in [9.17, 15) is 0 Å². The van der Waals surface area contributed by atoms with Crippen LogP contribution in [0.25, 0.3) is 0 Å². The molecule has 0 radical (unpaired) electrons. The second kappa shape index (κ2) is 9.70. The highest BCUT2D eigenvalue weighted by atomic mass is 15.2. The molecule has 0 fully saturated rings. The first kappa shape index (κ1) is 16.9. The third-order valence-corrected chi connectivity index (χ3v) is 3.57. The number of rotatable bonds is 10. The van der Waals surface area contributed by atoms with Crippen molar-refractivity contribution in [1.29, 1.82) is 0 Å². The van der Waals surface area contributed by atoms with E-state index in [-0.39, 0.29) is 0 Å². The van der Waals surface area contributed by atoms with Gasteiger partial charge in [-0.15, -0.1) is 0 Å². The predicted octanol–water partition coefficient (Wildman–Crippen LogP) is 3.38. The van der Waals surface area contributed by atoms with Gasteiger partial charge in [0.2, 0.25) is 0 Å². The molecule has 4 heteroatoms. The summed E-state index contributed by atoms with van der Waals surface area (Å²) in [5.74, 6) is 1.02. The topological polar surface area (TPSA) is 41.1 Å². The van der Waals surface area contributed by atoms with Gasteiger partial charge in [-0.2, -0.15) is 0 Å². The SMILES string of the molecule is CCCCN(c1cncc(CNCCC)n1)C(C)CC. The summed E-state index contributed by atoms with van der Waals surface area (Å²) < 4.78 is 0. The number of anilines is 1. The predicted molar refractivity (Wildman–Crippen MR) is 86.0 cm³/mol. The molecule has 1 atom stereocenters. The van der Waals surface area contributed by atoms with Crippen molar-refractivity contribution in [3.63, 3.8) is 0 Å². The first-order chi connectivity index (χ1) is 9.72. The van der Waals surface area contributed by atoms with Crippen LogP contribution >= 0.6 is 0 Å². The van der Waals surface area contributed by atoms with Crippen LogP contribution in [0.1, 0.15) is 59.1 Å². The minimum absolute atomic E-state index is 0.509. The lowest BCUT2D eigenvalue weighted by molar-refractivity contribution is 0.585. The van der Waals surface area contributed by atoms with Crippen LogP contribution in [0.2, 0.25) is 0 Å². The quantitative estimate of drug-likeness (QED) is 0.666. The van der Waals surface area contributed by atoms with Gasteiger partial charge in [0, 0.05) is 25.3 Å². The number of nitrogens with one attached hydrogen (secondary N) is 1. The summed E-state index contributed by atoms with van der Waals surface area (Å²) in [6.45, 7) is 11.8. The average Bonchev–Trinajstić information content (AvgIpc) is 2.48. The molecule has 0 saturated carbocycles. The number of aromatic nitrogens is 2. The average molecular weight is 278 g/mol. The monoisotopic (exact) mass is 278 g/mol. The number of hydrogen-bond donors (Lipinski definition) is 1. The summed E-state index contributed by atoms with van der Waals surface area (Å²) in [5.41, 5.74) is 1.03. The molecule has 0 saturated heterocycles. The van der Waals surface area contributed by atoms with E-state index in [0.717, 1.165) is 44.0 Å². The molecule has 0 bridgehead atoms. The van der Waals surface area contributed by atoms with Gasteiger partial charge in [-0.05, 0) is 32.7 Å². The van der Waals surface area contributed by atoms with Crippen LogP contribution in [0.5, 0.6) is 0 Å². The van der Waals surface area contributed by atoms with Gasteiger partial charge in [-0.3, -0.25) is 4.98 Å². The third kappa shape index (κ3) is 5.45. The van der Waals surface area contributed by atoms with Gasteiger partial charge in [0.1, 0.15) is 5.82 Å². The molecule has 0 aliphatic carbocycles. The molecule has 1 heterocycles. The Morgan fingerprint density at radius 1 is 1.20 bits per heavy atom. The van der Waals surface area contributed by atoms with Crippen LogP contribution in [0.15, 0.2) is 12.4 Å². The van der Waals surface area contributed by atoms with Crippen molar-refractivity contribution in [2.24, 2.45) is 0 Å². The van der Waals surface area contributed by atoms with E-state index >= 15 is 0 Å². The highest BCUT2D eigenvalue weighted by Crippen LogP contribution is 2.16. The Morgan fingerprint density at radius 2 is 2.00 bits per heavy atom. The molecule has 20 heavy (non-hydrogen) atoms. The summed E-state index contributed by atoms with van der Waals surface area (Å²) in [6, 6.07) is 0.509. The van der Waals surface area contributed by atoms with E-state index in [1.54, 1.807) is 0 Å². The fourth-order valence-corrected chi connectivity index (χ4v) is 2.12. The molecule has 0 spiro atoms. The van der Waals surface area contributed by atoms with E-state index < -0.39 is 0 Å². The lowest BCUT2D eigenvalue weighted by atomic mass is 10.2. The van der Waals surface area contributed by atoms with Crippen LogP contribution in [0, 0.1) is 0 Å². The zero-order valence-corrected chi connectivity index (χ0v) is 13.5. The molecule has 0 aliphatic heterocycles. The summed E-state index contributed by atoms with van der Waals surface area (Å²) >= 11 is 0. The molecule has 4 nitrogen and oxygen atoms in total. The molecular weight excluding hydrogens is 248 g/mol. The summed E-state index contributed by atoms with van der Waals surface area (Å²) in [7, 11) is 0. The van der Waals surface area contributed by atoms with Crippen LogP contribution < -0.4 is 10.2 Å². The van der Waals surface area contributed by atoms with Gasteiger partial charge < -0.3 is 10.2 Å². The van der Waals surface area contributed by atoms with Gasteiger partial charge >= 0.3 is 0 Å². The Morgan fingerprint density at radius 3 is 2.65 bits per heavy atom. The third-order valence-electron chi connectivity index (χ3n) is 3.57. The van der Waals surface area contributed by atoms with Gasteiger partial charge in [-0.1, -0.05) is 27.2 Å². The van der Waals surface area contributed by atoms with Crippen LogP contribution in [-0.4, -0.2) is 29.1 Å². The summed E-state index contributed by atoms with van der Waals surface area (Å²) in [5, 5.41) is 3.38. The highest BCUT2D eigenvalue weighted by molar-refractivity contribution is 5.37. The van der Waals surface area contributed by atoms with Crippen molar-refractivity contribution in [1.82, 2.24) is 15.3 Å². The van der Waals surface area contributed by atoms with E-state index in [0.29, 0.717) is 6.04 Å². The maximum Gasteiger partial charge on any atom is 0.147 e.